The summed E-state index contributed by atoms with van der Waals surface area (Å²) in [6.45, 7) is -0.899. The minimum atomic E-state index is -4.87. The molecule has 0 aliphatic rings. The number of halogens is 3. The van der Waals surface area contributed by atoms with Crippen molar-refractivity contribution in [1.29, 1.82) is 0 Å². The molecule has 0 radical (unpaired) electrons. The zero-order valence-corrected chi connectivity index (χ0v) is 16.2. The van der Waals surface area contributed by atoms with Gasteiger partial charge in [-0.15, -0.1) is 24.9 Å². The quantitative estimate of drug-likeness (QED) is 0.457. The number of hydrogen-bond donors (Lipinski definition) is 2. The van der Waals surface area contributed by atoms with Crippen molar-refractivity contribution in [3.05, 3.63) is 59.7 Å². The summed E-state index contributed by atoms with van der Waals surface area (Å²) < 4.78 is 46.1. The molecule has 3 N–H and O–H groups in total. The van der Waals surface area contributed by atoms with Crippen LogP contribution in [0.4, 0.5) is 13.2 Å². The summed E-state index contributed by atoms with van der Waals surface area (Å²) in [5.41, 5.74) is 5.34. The van der Waals surface area contributed by atoms with Gasteiger partial charge in [0, 0.05) is 17.0 Å². The SMILES string of the molecule is NC(=O)CSc1ccccc1C(=O)OCC(=O)NCc1ccccc1OC(F)(F)F. The van der Waals surface area contributed by atoms with Crippen LogP contribution >= 0.6 is 11.8 Å². The Hall–Kier alpha value is -3.21. The first-order valence-corrected chi connectivity index (χ1v) is 9.42. The number of ether oxygens (including phenoxy) is 2. The van der Waals surface area contributed by atoms with Crippen LogP contribution in [0, 0.1) is 0 Å². The standard InChI is InChI=1S/C19H17F3N2O5S/c20-19(21,22)29-14-7-3-1-5-12(14)9-24-17(26)10-28-18(27)13-6-2-4-8-15(13)30-11-16(23)25/h1-8H,9-11H2,(H2,23,25)(H,24,26). The fourth-order valence-corrected chi connectivity index (χ4v) is 3.02. The summed E-state index contributed by atoms with van der Waals surface area (Å²) in [5, 5.41) is 2.36. The number of thioether (sulfide) groups is 1. The highest BCUT2D eigenvalue weighted by molar-refractivity contribution is 8.00. The molecule has 0 aliphatic carbocycles. The number of carbonyl (C=O) groups excluding carboxylic acids is 3. The highest BCUT2D eigenvalue weighted by Gasteiger charge is 2.32. The Labute approximate surface area is 173 Å². The number of carbonyl (C=O) groups is 3. The van der Waals surface area contributed by atoms with Crippen molar-refractivity contribution < 1.29 is 37.0 Å². The number of benzene rings is 2. The number of nitrogens with two attached hydrogens (primary N) is 1. The fraction of sp³-hybridized carbons (Fsp3) is 0.211. The molecular formula is C19H17F3N2O5S. The van der Waals surface area contributed by atoms with Crippen molar-refractivity contribution in [3.8, 4) is 5.75 Å². The Morgan fingerprint density at radius 1 is 1.03 bits per heavy atom. The first-order valence-electron chi connectivity index (χ1n) is 8.43. The van der Waals surface area contributed by atoms with Crippen molar-refractivity contribution in [2.24, 2.45) is 5.73 Å². The summed E-state index contributed by atoms with van der Waals surface area (Å²) in [6, 6.07) is 11.6. The third-order valence-electron chi connectivity index (χ3n) is 3.49. The van der Waals surface area contributed by atoms with Crippen LogP contribution in [0.1, 0.15) is 15.9 Å². The van der Waals surface area contributed by atoms with Crippen LogP contribution in [-0.2, 0) is 20.9 Å². The maximum Gasteiger partial charge on any atom is 0.573 e. The van der Waals surface area contributed by atoms with E-state index < -0.39 is 36.5 Å². The van der Waals surface area contributed by atoms with Gasteiger partial charge in [-0.05, 0) is 18.2 Å². The fourth-order valence-electron chi connectivity index (χ4n) is 2.24. The summed E-state index contributed by atoms with van der Waals surface area (Å²) in [7, 11) is 0. The van der Waals surface area contributed by atoms with Gasteiger partial charge < -0.3 is 20.5 Å². The average molecular weight is 442 g/mol. The van der Waals surface area contributed by atoms with Crippen LogP contribution in [0.15, 0.2) is 53.4 Å². The summed E-state index contributed by atoms with van der Waals surface area (Å²) in [6.07, 6.45) is -4.87. The van der Waals surface area contributed by atoms with Crippen molar-refractivity contribution in [1.82, 2.24) is 5.32 Å². The van der Waals surface area contributed by atoms with Crippen LogP contribution in [0.25, 0.3) is 0 Å². The molecule has 0 unspecified atom stereocenters. The normalized spacial score (nSPS) is 10.9. The minimum Gasteiger partial charge on any atom is -0.452 e. The number of esters is 1. The van der Waals surface area contributed by atoms with E-state index in [2.05, 4.69) is 10.1 Å². The molecule has 2 aromatic carbocycles. The average Bonchev–Trinajstić information content (AvgIpc) is 2.69. The van der Waals surface area contributed by atoms with Crippen LogP contribution < -0.4 is 15.8 Å². The minimum absolute atomic E-state index is 0.0375. The molecule has 0 bridgehead atoms. The molecule has 0 saturated heterocycles. The van der Waals surface area contributed by atoms with E-state index in [1.165, 1.54) is 24.3 Å². The van der Waals surface area contributed by atoms with Gasteiger partial charge in [-0.1, -0.05) is 30.3 Å². The molecule has 160 valence electrons. The van der Waals surface area contributed by atoms with Crippen LogP contribution in [0.3, 0.4) is 0 Å². The lowest BCUT2D eigenvalue weighted by molar-refractivity contribution is -0.274. The topological polar surface area (TPSA) is 108 Å². The Bertz CT molecular complexity index is 921. The van der Waals surface area contributed by atoms with E-state index in [0.29, 0.717) is 4.90 Å². The third kappa shape index (κ3) is 7.66. The summed E-state index contributed by atoms with van der Waals surface area (Å²) in [5.74, 6) is -2.55. The zero-order chi connectivity index (χ0) is 22.1. The number of para-hydroxylation sites is 1. The van der Waals surface area contributed by atoms with E-state index in [1.54, 1.807) is 18.2 Å². The number of amides is 2. The second-order valence-electron chi connectivity index (χ2n) is 5.76. The van der Waals surface area contributed by atoms with Gasteiger partial charge in [0.15, 0.2) is 6.61 Å². The van der Waals surface area contributed by atoms with Crippen LogP contribution in [-0.4, -0.2) is 36.5 Å². The molecule has 0 atom stereocenters. The van der Waals surface area contributed by atoms with E-state index in [-0.39, 0.29) is 23.4 Å². The molecule has 0 aromatic heterocycles. The van der Waals surface area contributed by atoms with Gasteiger partial charge in [0.05, 0.1) is 11.3 Å². The predicted octanol–water partition coefficient (Wildman–Crippen LogP) is 2.64. The van der Waals surface area contributed by atoms with E-state index in [9.17, 15) is 27.6 Å². The third-order valence-corrected chi connectivity index (χ3v) is 4.58. The van der Waals surface area contributed by atoms with Crippen molar-refractivity contribution in [2.45, 2.75) is 17.8 Å². The number of nitrogens with one attached hydrogen (secondary N) is 1. The van der Waals surface area contributed by atoms with Gasteiger partial charge in [0.1, 0.15) is 5.75 Å². The molecule has 2 rings (SSSR count). The molecule has 30 heavy (non-hydrogen) atoms. The number of hydrogen-bond acceptors (Lipinski definition) is 6. The van der Waals surface area contributed by atoms with E-state index in [4.69, 9.17) is 10.5 Å². The Kier molecular flexibility index (Phi) is 8.10. The summed E-state index contributed by atoms with van der Waals surface area (Å²) in [4.78, 5) is 35.5. The largest absolute Gasteiger partial charge is 0.573 e. The monoisotopic (exact) mass is 442 g/mol. The lowest BCUT2D eigenvalue weighted by atomic mass is 10.2. The van der Waals surface area contributed by atoms with Crippen LogP contribution in [0.5, 0.6) is 5.75 Å². The van der Waals surface area contributed by atoms with Gasteiger partial charge >= 0.3 is 12.3 Å². The Morgan fingerprint density at radius 2 is 1.70 bits per heavy atom. The second kappa shape index (κ2) is 10.5. The van der Waals surface area contributed by atoms with Gasteiger partial charge in [0.2, 0.25) is 5.91 Å². The van der Waals surface area contributed by atoms with E-state index >= 15 is 0 Å². The molecule has 0 aliphatic heterocycles. The smallest absolute Gasteiger partial charge is 0.452 e. The molecule has 0 heterocycles. The Balaban J connectivity index is 1.90. The summed E-state index contributed by atoms with van der Waals surface area (Å²) >= 11 is 1.05. The van der Waals surface area contributed by atoms with Crippen molar-refractivity contribution in [2.75, 3.05) is 12.4 Å². The first-order chi connectivity index (χ1) is 14.2. The van der Waals surface area contributed by atoms with Gasteiger partial charge in [-0.3, -0.25) is 9.59 Å². The van der Waals surface area contributed by atoms with Gasteiger partial charge in [0.25, 0.3) is 5.91 Å². The lowest BCUT2D eigenvalue weighted by Gasteiger charge is -2.13. The molecule has 0 fully saturated rings. The molecule has 0 saturated carbocycles. The zero-order valence-electron chi connectivity index (χ0n) is 15.4. The lowest BCUT2D eigenvalue weighted by Crippen LogP contribution is -2.29. The first kappa shape index (κ1) is 23.1. The van der Waals surface area contributed by atoms with Crippen molar-refractivity contribution in [3.63, 3.8) is 0 Å². The Morgan fingerprint density at radius 3 is 2.40 bits per heavy atom. The van der Waals surface area contributed by atoms with Crippen LogP contribution in [0.2, 0.25) is 0 Å². The van der Waals surface area contributed by atoms with Gasteiger partial charge in [-0.25, -0.2) is 4.79 Å². The molecule has 2 amide bonds. The highest BCUT2D eigenvalue weighted by Crippen LogP contribution is 2.26. The molecule has 2 aromatic rings. The number of alkyl halides is 3. The molecular weight excluding hydrogens is 425 g/mol. The van der Waals surface area contributed by atoms with Crippen molar-refractivity contribution >= 4 is 29.5 Å². The highest BCUT2D eigenvalue weighted by atomic mass is 32.2. The number of primary amides is 1. The molecule has 11 heteroatoms. The maximum absolute atomic E-state index is 12.4. The second-order valence-corrected chi connectivity index (χ2v) is 6.78. The molecule has 7 nitrogen and oxygen atoms in total. The maximum atomic E-state index is 12.4. The van der Waals surface area contributed by atoms with E-state index in [0.717, 1.165) is 17.8 Å². The van der Waals surface area contributed by atoms with E-state index in [1.807, 2.05) is 0 Å². The van der Waals surface area contributed by atoms with Gasteiger partial charge in [-0.2, -0.15) is 0 Å². The number of rotatable bonds is 9. The predicted molar refractivity (Wildman–Crippen MR) is 102 cm³/mol. The molecule has 0 spiro atoms.